The van der Waals surface area contributed by atoms with Crippen LogP contribution in [0.3, 0.4) is 0 Å². The van der Waals surface area contributed by atoms with Gasteiger partial charge in [-0.3, -0.25) is 0 Å². The van der Waals surface area contributed by atoms with Crippen LogP contribution in [0, 0.1) is 0 Å². The van der Waals surface area contributed by atoms with E-state index < -0.39 is 0 Å². The van der Waals surface area contributed by atoms with Gasteiger partial charge in [0.1, 0.15) is 6.54 Å². The van der Waals surface area contributed by atoms with Crippen LogP contribution in [0.15, 0.2) is 40.4 Å². The number of hydrogen-bond donors (Lipinski definition) is 0. The zero-order valence-corrected chi connectivity index (χ0v) is 13.6. The molecule has 0 aromatic heterocycles. The van der Waals surface area contributed by atoms with Crippen molar-refractivity contribution in [3.05, 3.63) is 46.0 Å². The van der Waals surface area contributed by atoms with E-state index in [0.717, 1.165) is 47.1 Å². The Bertz CT molecular complexity index is 400. The van der Waals surface area contributed by atoms with Crippen molar-refractivity contribution in [1.82, 2.24) is 0 Å². The molecule has 0 saturated heterocycles. The van der Waals surface area contributed by atoms with Gasteiger partial charge in [-0.2, -0.15) is 0 Å². The van der Waals surface area contributed by atoms with E-state index in [1.807, 2.05) is 18.2 Å². The molecule has 0 bridgehead atoms. The fourth-order valence-corrected chi connectivity index (χ4v) is 2.79. The molecule has 1 aromatic carbocycles. The predicted molar refractivity (Wildman–Crippen MR) is 85.6 cm³/mol. The maximum Gasteiger partial charge on any atom is 0.116 e. The zero-order chi connectivity index (χ0) is 14.3. The molecule has 0 aliphatic rings. The third-order valence-electron chi connectivity index (χ3n) is 3.98. The summed E-state index contributed by atoms with van der Waals surface area (Å²) in [6.45, 7) is 10.7. The first kappa shape index (κ1) is 16.6. The highest BCUT2D eigenvalue weighted by atomic mass is 35.5. The topological polar surface area (TPSA) is 0 Å². The second kappa shape index (κ2) is 7.94. The molecule has 1 rings (SSSR count). The first-order valence-corrected chi connectivity index (χ1v) is 7.74. The molecule has 0 amide bonds. The molecule has 0 saturated carbocycles. The second-order valence-electron chi connectivity index (χ2n) is 4.92. The van der Waals surface area contributed by atoms with E-state index in [1.165, 1.54) is 5.56 Å². The summed E-state index contributed by atoms with van der Waals surface area (Å²) in [7, 11) is 0. The van der Waals surface area contributed by atoms with Gasteiger partial charge in [-0.1, -0.05) is 53.5 Å². The lowest BCUT2D eigenvalue weighted by atomic mass is 10.1. The Morgan fingerprint density at radius 2 is 1.42 bits per heavy atom. The van der Waals surface area contributed by atoms with E-state index in [1.54, 1.807) is 0 Å². The number of allylic oxidation sites excluding steroid dienone is 1. The lowest BCUT2D eigenvalue weighted by Gasteiger charge is -2.35. The maximum atomic E-state index is 6.43. The van der Waals surface area contributed by atoms with E-state index in [-0.39, 0.29) is 0 Å². The largest absolute Gasteiger partial charge is 0.320 e. The smallest absolute Gasteiger partial charge is 0.116 e. The van der Waals surface area contributed by atoms with Gasteiger partial charge in [0.2, 0.25) is 0 Å². The zero-order valence-electron chi connectivity index (χ0n) is 12.1. The highest BCUT2D eigenvalue weighted by Gasteiger charge is 2.23. The van der Waals surface area contributed by atoms with Crippen LogP contribution in [0.5, 0.6) is 0 Å². The van der Waals surface area contributed by atoms with Crippen molar-refractivity contribution >= 4 is 23.2 Å². The van der Waals surface area contributed by atoms with Gasteiger partial charge in [0.15, 0.2) is 0 Å². The molecule has 0 heterocycles. The van der Waals surface area contributed by atoms with Gasteiger partial charge < -0.3 is 4.48 Å². The number of quaternary nitrogens is 1. The van der Waals surface area contributed by atoms with Crippen molar-refractivity contribution in [2.24, 2.45) is 0 Å². The minimum absolute atomic E-state index is 0.721. The summed E-state index contributed by atoms with van der Waals surface area (Å²) in [5, 5.41) is 1.57. The summed E-state index contributed by atoms with van der Waals surface area (Å²) in [4.78, 5) is 0. The molecule has 0 spiro atoms. The van der Waals surface area contributed by atoms with Gasteiger partial charge in [-0.15, -0.1) is 0 Å². The highest BCUT2D eigenvalue weighted by Crippen LogP contribution is 2.22. The quantitative estimate of drug-likeness (QED) is 0.635. The molecule has 0 fully saturated rings. The van der Waals surface area contributed by atoms with Crippen LogP contribution in [0.4, 0.5) is 0 Å². The second-order valence-corrected chi connectivity index (χ2v) is 5.83. The van der Waals surface area contributed by atoms with Crippen molar-refractivity contribution in [3.8, 4) is 0 Å². The molecule has 1 aromatic rings. The monoisotopic (exact) mass is 300 g/mol. The minimum Gasteiger partial charge on any atom is -0.320 e. The first-order chi connectivity index (χ1) is 9.06. The van der Waals surface area contributed by atoms with Crippen LogP contribution >= 0.6 is 23.2 Å². The van der Waals surface area contributed by atoms with Gasteiger partial charge in [-0.25, -0.2) is 0 Å². The average molecular weight is 301 g/mol. The number of halogens is 2. The Hall–Kier alpha value is -0.500. The maximum absolute atomic E-state index is 6.43. The third-order valence-corrected chi connectivity index (χ3v) is 4.79. The predicted octanol–water partition coefficient (Wildman–Crippen LogP) is 4.79. The minimum atomic E-state index is 0.721. The summed E-state index contributed by atoms with van der Waals surface area (Å²) < 4.78 is 0.990. The molecule has 0 atom stereocenters. The van der Waals surface area contributed by atoms with Crippen LogP contribution in [0.2, 0.25) is 0 Å². The SMILES string of the molecule is CC[N+](CC)(CC)CC(Cl)=C(Cl)Cc1ccccc1. The molecule has 0 aliphatic carbocycles. The van der Waals surface area contributed by atoms with Crippen molar-refractivity contribution in [1.29, 1.82) is 0 Å². The van der Waals surface area contributed by atoms with Crippen molar-refractivity contribution < 1.29 is 4.48 Å². The Morgan fingerprint density at radius 3 is 1.89 bits per heavy atom. The Kier molecular flexibility index (Phi) is 6.92. The summed E-state index contributed by atoms with van der Waals surface area (Å²) in [6, 6.07) is 10.2. The van der Waals surface area contributed by atoms with Crippen LogP contribution in [0.1, 0.15) is 26.3 Å². The third kappa shape index (κ3) is 4.83. The summed E-state index contributed by atoms with van der Waals surface area (Å²) in [6.07, 6.45) is 0.721. The number of likely N-dealkylation sites (N-methyl/N-ethyl adjacent to an activating group) is 1. The van der Waals surface area contributed by atoms with Gasteiger partial charge in [0, 0.05) is 11.5 Å². The molecular formula is C16H24Cl2N+. The Labute approximate surface area is 127 Å². The normalized spacial score (nSPS) is 13.3. The van der Waals surface area contributed by atoms with Crippen LogP contribution < -0.4 is 0 Å². The van der Waals surface area contributed by atoms with Crippen molar-refractivity contribution in [2.45, 2.75) is 27.2 Å². The van der Waals surface area contributed by atoms with Crippen LogP contribution in [-0.2, 0) is 6.42 Å². The Morgan fingerprint density at radius 1 is 0.895 bits per heavy atom. The summed E-state index contributed by atoms with van der Waals surface area (Å²) in [5.41, 5.74) is 1.20. The van der Waals surface area contributed by atoms with E-state index >= 15 is 0 Å². The van der Waals surface area contributed by atoms with Gasteiger partial charge in [0.25, 0.3) is 0 Å². The number of nitrogens with zero attached hydrogens (tertiary/aromatic N) is 1. The standard InChI is InChI=1S/C16H24Cl2N/c1-4-19(5-2,6-3)13-16(18)15(17)12-14-10-8-7-9-11-14/h7-11H,4-6,12-13H2,1-3H3/q+1. The highest BCUT2D eigenvalue weighted by molar-refractivity contribution is 6.39. The molecular weight excluding hydrogens is 277 g/mol. The van der Waals surface area contributed by atoms with E-state index in [4.69, 9.17) is 23.2 Å². The fourth-order valence-electron chi connectivity index (χ4n) is 2.26. The fraction of sp³-hybridized carbons (Fsp3) is 0.500. The van der Waals surface area contributed by atoms with Crippen LogP contribution in [0.25, 0.3) is 0 Å². The molecule has 19 heavy (non-hydrogen) atoms. The number of rotatable bonds is 7. The molecule has 0 unspecified atom stereocenters. The van der Waals surface area contributed by atoms with E-state index in [9.17, 15) is 0 Å². The Balaban J connectivity index is 2.79. The molecule has 1 nitrogen and oxygen atoms in total. The lowest BCUT2D eigenvalue weighted by molar-refractivity contribution is -0.918. The molecule has 106 valence electrons. The summed E-state index contributed by atoms with van der Waals surface area (Å²) in [5.74, 6) is 0. The lowest BCUT2D eigenvalue weighted by Crippen LogP contribution is -2.48. The molecule has 3 heteroatoms. The molecule has 0 radical (unpaired) electrons. The number of hydrogen-bond acceptors (Lipinski definition) is 0. The number of benzene rings is 1. The molecule has 0 N–H and O–H groups in total. The van der Waals surface area contributed by atoms with Crippen molar-refractivity contribution in [2.75, 3.05) is 26.2 Å². The van der Waals surface area contributed by atoms with E-state index in [2.05, 4.69) is 32.9 Å². The van der Waals surface area contributed by atoms with Crippen molar-refractivity contribution in [3.63, 3.8) is 0 Å². The molecule has 0 aliphatic heterocycles. The van der Waals surface area contributed by atoms with E-state index in [0.29, 0.717) is 0 Å². The average Bonchev–Trinajstić information content (AvgIpc) is 2.45. The van der Waals surface area contributed by atoms with Crippen LogP contribution in [-0.4, -0.2) is 30.7 Å². The first-order valence-electron chi connectivity index (χ1n) is 6.99. The van der Waals surface area contributed by atoms with Gasteiger partial charge >= 0.3 is 0 Å². The van der Waals surface area contributed by atoms with Gasteiger partial charge in [-0.05, 0) is 26.3 Å². The van der Waals surface area contributed by atoms with Gasteiger partial charge in [0.05, 0.1) is 24.7 Å². The summed E-state index contributed by atoms with van der Waals surface area (Å²) >= 11 is 12.8.